The van der Waals surface area contributed by atoms with E-state index in [2.05, 4.69) is 10.6 Å². The summed E-state index contributed by atoms with van der Waals surface area (Å²) >= 11 is 0. The molecule has 0 fully saturated rings. The fourth-order valence-corrected chi connectivity index (χ4v) is 3.22. The highest BCUT2D eigenvalue weighted by Gasteiger charge is 2.31. The number of aromatic nitrogens is 2. The zero-order chi connectivity index (χ0) is 16.6. The number of amides is 1. The van der Waals surface area contributed by atoms with Gasteiger partial charge in [0.25, 0.3) is 0 Å². The molecule has 2 rings (SSSR count). The summed E-state index contributed by atoms with van der Waals surface area (Å²) in [6.07, 6.45) is 0. The SMILES string of the molecule is Cc1cc(C)n(NC(=O)[P+](=O)Nn2c(C)cc(C)c2C)c1C. The van der Waals surface area contributed by atoms with Crippen LogP contribution in [0.1, 0.15) is 33.9 Å². The first-order valence-electron chi connectivity index (χ1n) is 7.08. The quantitative estimate of drug-likeness (QED) is 0.842. The Morgan fingerprint density at radius 3 is 1.77 bits per heavy atom. The minimum absolute atomic E-state index is 0.554. The second-order valence-electron chi connectivity index (χ2n) is 5.59. The highest BCUT2D eigenvalue weighted by Crippen LogP contribution is 2.23. The number of rotatable bonds is 4. The molecule has 0 aliphatic carbocycles. The second-order valence-corrected chi connectivity index (χ2v) is 6.79. The minimum atomic E-state index is -2.28. The smallest absolute Gasteiger partial charge is 0.259 e. The second kappa shape index (κ2) is 5.97. The lowest BCUT2D eigenvalue weighted by Gasteiger charge is -2.08. The van der Waals surface area contributed by atoms with Gasteiger partial charge in [0.1, 0.15) is 0 Å². The standard InChI is InChI=1S/C15H21N4O2P/c1-9-7-11(3)18(13(9)5)16-15(20)22(21)17-19-12(4)8-10(2)14(19)6/h7-8H,1-6H3,(H-,16,17,20,21)/p+1. The molecule has 1 atom stereocenters. The third-order valence-electron chi connectivity index (χ3n) is 3.95. The average molecular weight is 321 g/mol. The number of nitrogens with one attached hydrogen (secondary N) is 2. The van der Waals surface area contributed by atoms with Crippen LogP contribution in [0, 0.1) is 41.5 Å². The van der Waals surface area contributed by atoms with E-state index in [1.807, 2.05) is 53.7 Å². The average Bonchev–Trinajstić information content (AvgIpc) is 2.82. The molecule has 0 saturated heterocycles. The van der Waals surface area contributed by atoms with Crippen molar-refractivity contribution in [2.24, 2.45) is 0 Å². The van der Waals surface area contributed by atoms with Gasteiger partial charge in [0.05, 0.1) is 0 Å². The Labute approximate surface area is 131 Å². The maximum Gasteiger partial charge on any atom is 0.580 e. The molecule has 0 spiro atoms. The molecule has 0 saturated carbocycles. The number of nitrogens with zero attached hydrogens (tertiary/aromatic N) is 2. The van der Waals surface area contributed by atoms with Gasteiger partial charge in [-0.2, -0.15) is 0 Å². The van der Waals surface area contributed by atoms with Crippen LogP contribution in [0.3, 0.4) is 0 Å². The van der Waals surface area contributed by atoms with Crippen LogP contribution in [-0.4, -0.2) is 15.0 Å². The summed E-state index contributed by atoms with van der Waals surface area (Å²) in [6, 6.07) is 3.95. The van der Waals surface area contributed by atoms with E-state index in [4.69, 9.17) is 0 Å². The van der Waals surface area contributed by atoms with Gasteiger partial charge in [0.15, 0.2) is 0 Å². The molecule has 118 valence electrons. The van der Waals surface area contributed by atoms with Crippen molar-refractivity contribution < 1.29 is 9.36 Å². The molecule has 0 radical (unpaired) electrons. The normalized spacial score (nSPS) is 11.5. The van der Waals surface area contributed by atoms with E-state index in [0.29, 0.717) is 0 Å². The van der Waals surface area contributed by atoms with Crippen molar-refractivity contribution in [3.63, 3.8) is 0 Å². The molecule has 1 amide bonds. The maximum absolute atomic E-state index is 12.3. The third-order valence-corrected chi connectivity index (χ3v) is 4.80. The highest BCUT2D eigenvalue weighted by molar-refractivity contribution is 7.64. The third kappa shape index (κ3) is 2.92. The monoisotopic (exact) mass is 321 g/mol. The summed E-state index contributed by atoms with van der Waals surface area (Å²) in [4.78, 5) is 12.2. The topological polar surface area (TPSA) is 68.1 Å². The van der Waals surface area contributed by atoms with Crippen LogP contribution in [0.2, 0.25) is 0 Å². The van der Waals surface area contributed by atoms with Crippen molar-refractivity contribution in [2.45, 2.75) is 41.5 Å². The summed E-state index contributed by atoms with van der Waals surface area (Å²) in [5.41, 5.74) is 7.97. The van der Waals surface area contributed by atoms with Crippen LogP contribution in [-0.2, 0) is 4.57 Å². The fourth-order valence-electron chi connectivity index (χ4n) is 2.45. The highest BCUT2D eigenvalue weighted by atomic mass is 31.1. The van der Waals surface area contributed by atoms with Crippen LogP contribution in [0.25, 0.3) is 0 Å². The molecule has 22 heavy (non-hydrogen) atoms. The molecule has 2 aromatic rings. The van der Waals surface area contributed by atoms with Gasteiger partial charge in [0.2, 0.25) is 0 Å². The Hall–Kier alpha value is -2.07. The molecule has 0 bridgehead atoms. The molecule has 2 aromatic heterocycles. The van der Waals surface area contributed by atoms with Crippen LogP contribution in [0.5, 0.6) is 0 Å². The lowest BCUT2D eigenvalue weighted by Crippen LogP contribution is -2.24. The van der Waals surface area contributed by atoms with Crippen molar-refractivity contribution in [1.82, 2.24) is 9.35 Å². The number of hydrogen-bond acceptors (Lipinski definition) is 2. The Bertz CT molecular complexity index is 694. The molecule has 2 N–H and O–H groups in total. The van der Waals surface area contributed by atoms with Gasteiger partial charge >= 0.3 is 13.6 Å². The number of hydrogen-bond donors (Lipinski definition) is 2. The van der Waals surface area contributed by atoms with Crippen molar-refractivity contribution >= 4 is 13.6 Å². The van der Waals surface area contributed by atoms with E-state index < -0.39 is 13.6 Å². The van der Waals surface area contributed by atoms with Gasteiger partial charge in [-0.3, -0.25) is 4.68 Å². The first-order valence-corrected chi connectivity index (χ1v) is 8.34. The zero-order valence-corrected chi connectivity index (χ0v) is 14.7. The van der Waals surface area contributed by atoms with Crippen LogP contribution in [0.4, 0.5) is 4.79 Å². The molecule has 2 heterocycles. The first-order chi connectivity index (χ1) is 10.2. The number of carbonyl (C=O) groups excluding carboxylic acids is 1. The Kier molecular flexibility index (Phi) is 4.42. The van der Waals surface area contributed by atoms with E-state index >= 15 is 0 Å². The Morgan fingerprint density at radius 1 is 0.909 bits per heavy atom. The van der Waals surface area contributed by atoms with E-state index in [0.717, 1.165) is 33.9 Å². The van der Waals surface area contributed by atoms with Gasteiger partial charge in [-0.15, -0.1) is 5.20 Å². The fraction of sp³-hybridized carbons (Fsp3) is 0.400. The van der Waals surface area contributed by atoms with E-state index in [-0.39, 0.29) is 0 Å². The molecule has 6 nitrogen and oxygen atoms in total. The van der Waals surface area contributed by atoms with Gasteiger partial charge in [-0.1, -0.05) is 0 Å². The largest absolute Gasteiger partial charge is 0.580 e. The minimum Gasteiger partial charge on any atom is -0.259 e. The van der Waals surface area contributed by atoms with Crippen LogP contribution in [0.15, 0.2) is 12.1 Å². The summed E-state index contributed by atoms with van der Waals surface area (Å²) in [6.45, 7) is 11.6. The first kappa shape index (κ1) is 16.3. The van der Waals surface area contributed by atoms with E-state index in [9.17, 15) is 9.36 Å². The summed E-state index contributed by atoms with van der Waals surface area (Å²) < 4.78 is 15.6. The van der Waals surface area contributed by atoms with Crippen molar-refractivity contribution in [2.75, 3.05) is 10.6 Å². The molecule has 7 heteroatoms. The predicted molar refractivity (Wildman–Crippen MR) is 89.0 cm³/mol. The van der Waals surface area contributed by atoms with Crippen molar-refractivity contribution in [1.29, 1.82) is 0 Å². The zero-order valence-electron chi connectivity index (χ0n) is 13.8. The van der Waals surface area contributed by atoms with E-state index in [1.165, 1.54) is 0 Å². The van der Waals surface area contributed by atoms with Crippen molar-refractivity contribution in [3.8, 4) is 0 Å². The van der Waals surface area contributed by atoms with Gasteiger partial charge in [-0.25, -0.2) is 14.9 Å². The van der Waals surface area contributed by atoms with Gasteiger partial charge in [0, 0.05) is 22.8 Å². The lowest BCUT2D eigenvalue weighted by molar-refractivity contribution is 0.266. The molecule has 0 aliphatic heterocycles. The summed E-state index contributed by atoms with van der Waals surface area (Å²) in [5.74, 6) is 0. The molecule has 0 aliphatic rings. The molecule has 1 unspecified atom stereocenters. The van der Waals surface area contributed by atoms with Gasteiger partial charge < -0.3 is 0 Å². The molecular formula is C15H22N4O2P+. The van der Waals surface area contributed by atoms with Crippen LogP contribution < -0.4 is 10.6 Å². The Morgan fingerprint density at radius 2 is 1.36 bits per heavy atom. The summed E-state index contributed by atoms with van der Waals surface area (Å²) in [5, 5.41) is 2.77. The maximum atomic E-state index is 12.3. The van der Waals surface area contributed by atoms with Gasteiger partial charge in [-0.05, 0) is 69.4 Å². The van der Waals surface area contributed by atoms with E-state index in [1.54, 1.807) is 9.35 Å². The van der Waals surface area contributed by atoms with Crippen molar-refractivity contribution in [3.05, 3.63) is 46.0 Å². The summed E-state index contributed by atoms with van der Waals surface area (Å²) in [7, 11) is -2.28. The lowest BCUT2D eigenvalue weighted by atomic mass is 10.3. The number of aryl methyl sites for hydroxylation is 4. The van der Waals surface area contributed by atoms with Crippen LogP contribution >= 0.6 is 7.95 Å². The molecular weight excluding hydrogens is 299 g/mol. The number of carbonyl (C=O) groups is 1. The predicted octanol–water partition coefficient (Wildman–Crippen LogP) is 3.79. The Balaban J connectivity index is 2.15. The molecule has 0 aromatic carbocycles.